The van der Waals surface area contributed by atoms with E-state index in [-0.39, 0.29) is 46.3 Å². The van der Waals surface area contributed by atoms with Gasteiger partial charge in [-0.25, -0.2) is 9.78 Å². The number of halogens is 4. The van der Waals surface area contributed by atoms with Crippen molar-refractivity contribution in [1.82, 2.24) is 9.88 Å². The van der Waals surface area contributed by atoms with Crippen molar-refractivity contribution in [2.45, 2.75) is 12.2 Å². The lowest BCUT2D eigenvalue weighted by Gasteiger charge is -2.18. The molecule has 3 aliphatic rings. The molecule has 5 rings (SSSR count). The highest BCUT2D eigenvalue weighted by molar-refractivity contribution is 6.40. The van der Waals surface area contributed by atoms with Crippen LogP contribution in [0.5, 0.6) is 0 Å². The summed E-state index contributed by atoms with van der Waals surface area (Å²) in [6, 6.07) is 5.11. The van der Waals surface area contributed by atoms with Crippen LogP contribution < -0.4 is 5.32 Å². The van der Waals surface area contributed by atoms with E-state index >= 15 is 0 Å². The average molecular weight is 549 g/mol. The number of nitrogens with zero attached hydrogens (tertiary/aromatic N) is 3. The summed E-state index contributed by atoms with van der Waals surface area (Å²) in [6.07, 6.45) is -4.07. The Morgan fingerprint density at radius 1 is 1.13 bits per heavy atom. The van der Waals surface area contributed by atoms with Crippen LogP contribution in [0.2, 0.25) is 5.02 Å². The minimum absolute atomic E-state index is 0.117. The van der Waals surface area contributed by atoms with Crippen molar-refractivity contribution in [2.75, 3.05) is 18.4 Å². The number of amides is 2. The number of aliphatic imine (C=N–C) groups is 1. The number of imide groups is 1. The fourth-order valence-corrected chi connectivity index (χ4v) is 5.06. The maximum atomic E-state index is 13.3. The summed E-state index contributed by atoms with van der Waals surface area (Å²) in [5.74, 6) is -7.22. The van der Waals surface area contributed by atoms with Crippen LogP contribution in [-0.4, -0.2) is 68.5 Å². The van der Waals surface area contributed by atoms with Crippen LogP contribution in [0.15, 0.2) is 47.1 Å². The van der Waals surface area contributed by atoms with Crippen molar-refractivity contribution in [3.63, 3.8) is 0 Å². The van der Waals surface area contributed by atoms with Gasteiger partial charge >= 0.3 is 12.1 Å². The molecule has 0 spiro atoms. The highest BCUT2D eigenvalue weighted by Gasteiger charge is 2.60. The zero-order valence-electron chi connectivity index (χ0n) is 19.0. The minimum Gasteiger partial charge on any atom is -0.506 e. The molecule has 3 atom stereocenters. The number of likely N-dealkylation sites (tertiary alicyclic amines) is 1. The quantitative estimate of drug-likeness (QED) is 0.467. The first-order valence-corrected chi connectivity index (χ1v) is 11.5. The molecule has 0 unspecified atom stereocenters. The number of carbonyl (C=O) groups is 4. The van der Waals surface area contributed by atoms with Gasteiger partial charge in [0.2, 0.25) is 11.8 Å². The van der Waals surface area contributed by atoms with Crippen LogP contribution in [0.4, 0.5) is 19.0 Å². The third-order valence-electron chi connectivity index (χ3n) is 6.55. The smallest absolute Gasteiger partial charge is 0.417 e. The van der Waals surface area contributed by atoms with E-state index in [2.05, 4.69) is 15.3 Å². The number of Topliss-reactive ketones (excluding diaryl/α,β-unsaturated/α-hetero) is 1. The minimum atomic E-state index is -4.65. The summed E-state index contributed by atoms with van der Waals surface area (Å²) in [7, 11) is 0. The number of allylic oxidation sites excluding steroid dienone is 1. The van der Waals surface area contributed by atoms with E-state index in [1.807, 2.05) is 0 Å². The van der Waals surface area contributed by atoms with Crippen molar-refractivity contribution >= 4 is 52.5 Å². The molecule has 196 valence electrons. The number of alkyl halides is 3. The molecule has 14 heteroatoms. The fourth-order valence-electron chi connectivity index (χ4n) is 4.83. The maximum absolute atomic E-state index is 13.3. The first kappa shape index (κ1) is 25.4. The molecule has 3 N–H and O–H groups in total. The second-order valence-electron chi connectivity index (χ2n) is 8.71. The molecule has 1 fully saturated rings. The molecule has 1 aromatic carbocycles. The Kier molecular flexibility index (Phi) is 5.97. The van der Waals surface area contributed by atoms with Crippen LogP contribution in [0.1, 0.15) is 21.5 Å². The lowest BCUT2D eigenvalue weighted by molar-refractivity contribution is -0.145. The number of ketones is 1. The SMILES string of the molecule is O=C1C(C2=N[C@@H](C(=O)O)[C@H]3C(=O)N(CCNc4ncc(C(F)(F)F)cc4Cl)C(=O)[C@H]23)=C(O)c2ccccc21. The van der Waals surface area contributed by atoms with Gasteiger partial charge in [-0.15, -0.1) is 0 Å². The Morgan fingerprint density at radius 2 is 1.82 bits per heavy atom. The van der Waals surface area contributed by atoms with Crippen molar-refractivity contribution < 1.29 is 42.6 Å². The van der Waals surface area contributed by atoms with Gasteiger partial charge in [0.05, 0.1) is 33.7 Å². The van der Waals surface area contributed by atoms with Crippen molar-refractivity contribution in [3.8, 4) is 0 Å². The van der Waals surface area contributed by atoms with Gasteiger partial charge in [-0.3, -0.25) is 24.3 Å². The number of benzene rings is 1. The molecule has 38 heavy (non-hydrogen) atoms. The second kappa shape index (κ2) is 8.94. The van der Waals surface area contributed by atoms with Gasteiger partial charge in [-0.2, -0.15) is 13.2 Å². The van der Waals surface area contributed by atoms with Crippen molar-refractivity contribution in [1.29, 1.82) is 0 Å². The molecule has 2 aromatic rings. The molecule has 2 amide bonds. The molecule has 0 radical (unpaired) electrons. The molecular weight excluding hydrogens is 533 g/mol. The van der Waals surface area contributed by atoms with E-state index in [4.69, 9.17) is 11.6 Å². The van der Waals surface area contributed by atoms with E-state index < -0.39 is 58.9 Å². The van der Waals surface area contributed by atoms with Gasteiger partial charge in [-0.05, 0) is 6.07 Å². The molecule has 0 bridgehead atoms. The maximum Gasteiger partial charge on any atom is 0.417 e. The third-order valence-corrected chi connectivity index (χ3v) is 6.84. The van der Waals surface area contributed by atoms with Gasteiger partial charge in [0.1, 0.15) is 11.6 Å². The van der Waals surface area contributed by atoms with Crippen LogP contribution in [0.3, 0.4) is 0 Å². The Morgan fingerprint density at radius 3 is 2.42 bits per heavy atom. The van der Waals surface area contributed by atoms with Gasteiger partial charge in [0.15, 0.2) is 11.8 Å². The topological polar surface area (TPSA) is 149 Å². The number of aliphatic hydroxyl groups excluding tert-OH is 1. The number of carboxylic acid groups (broad SMARTS) is 1. The summed E-state index contributed by atoms with van der Waals surface area (Å²) < 4.78 is 38.5. The van der Waals surface area contributed by atoms with E-state index in [1.54, 1.807) is 12.1 Å². The molecule has 1 aromatic heterocycles. The predicted octanol–water partition coefficient (Wildman–Crippen LogP) is 2.84. The van der Waals surface area contributed by atoms with Gasteiger partial charge in [-0.1, -0.05) is 35.9 Å². The van der Waals surface area contributed by atoms with Gasteiger partial charge in [0, 0.05) is 30.4 Å². The van der Waals surface area contributed by atoms with Crippen LogP contribution in [0, 0.1) is 11.8 Å². The normalized spacial score (nSPS) is 22.6. The highest BCUT2D eigenvalue weighted by Crippen LogP contribution is 2.43. The molecule has 2 aliphatic heterocycles. The summed E-state index contributed by atoms with van der Waals surface area (Å²) in [4.78, 5) is 59.8. The number of carbonyl (C=O) groups excluding carboxylic acids is 3. The largest absolute Gasteiger partial charge is 0.506 e. The molecule has 10 nitrogen and oxygen atoms in total. The van der Waals surface area contributed by atoms with Gasteiger partial charge < -0.3 is 15.5 Å². The molecule has 0 saturated carbocycles. The summed E-state index contributed by atoms with van der Waals surface area (Å²) in [5, 5.41) is 22.7. The van der Waals surface area contributed by atoms with Crippen LogP contribution in [0.25, 0.3) is 5.76 Å². The van der Waals surface area contributed by atoms with Crippen LogP contribution in [-0.2, 0) is 20.6 Å². The number of rotatable bonds is 6. The predicted molar refractivity (Wildman–Crippen MR) is 126 cm³/mol. The number of hydrogen-bond acceptors (Lipinski definition) is 8. The number of pyridine rings is 1. The lowest BCUT2D eigenvalue weighted by Crippen LogP contribution is -2.38. The molecule has 1 saturated heterocycles. The zero-order chi connectivity index (χ0) is 27.5. The molecule has 3 heterocycles. The Labute approximate surface area is 216 Å². The van der Waals surface area contributed by atoms with E-state index in [1.165, 1.54) is 12.1 Å². The molecular formula is C24H16ClF3N4O6. The second-order valence-corrected chi connectivity index (χ2v) is 9.11. The van der Waals surface area contributed by atoms with E-state index in [0.717, 1.165) is 4.90 Å². The number of hydrogen-bond donors (Lipinski definition) is 3. The van der Waals surface area contributed by atoms with E-state index in [9.17, 15) is 42.6 Å². The Bertz CT molecular complexity index is 1490. The molecule has 1 aliphatic carbocycles. The third kappa shape index (κ3) is 3.90. The number of anilines is 1. The number of fused-ring (bicyclic) bond motifs is 2. The monoisotopic (exact) mass is 548 g/mol. The van der Waals surface area contributed by atoms with E-state index in [0.29, 0.717) is 12.3 Å². The lowest BCUT2D eigenvalue weighted by atomic mass is 9.85. The average Bonchev–Trinajstić information content (AvgIpc) is 3.45. The highest BCUT2D eigenvalue weighted by atomic mass is 35.5. The summed E-state index contributed by atoms with van der Waals surface area (Å²) in [5.41, 5.74) is -1.31. The number of nitrogens with one attached hydrogen (secondary N) is 1. The van der Waals surface area contributed by atoms with Crippen LogP contribution >= 0.6 is 11.6 Å². The number of carboxylic acids is 1. The number of aliphatic carboxylic acids is 1. The standard InChI is InChI=1S/C24H16ClF3N4O6/c25-12-7-9(24(26,27)28)8-30-20(12)29-5-6-32-21(35)13-14(22(32)36)17(23(37)38)31-16(13)15-18(33)10-3-1-2-4-11(10)19(15)34/h1-4,7-8,13-14,17,33H,5-6H2,(H,29,30)(H,37,38)/t13-,14-,17+/m0/s1. The Balaban J connectivity index is 1.38. The summed E-state index contributed by atoms with van der Waals surface area (Å²) >= 11 is 5.86. The van der Waals surface area contributed by atoms with Gasteiger partial charge in [0.25, 0.3) is 0 Å². The first-order valence-electron chi connectivity index (χ1n) is 11.1. The van der Waals surface area contributed by atoms with Crippen molar-refractivity contribution in [3.05, 3.63) is 63.8 Å². The number of aliphatic hydroxyl groups is 1. The van der Waals surface area contributed by atoms with Crippen molar-refractivity contribution in [2.24, 2.45) is 16.8 Å². The fraction of sp³-hybridized carbons (Fsp3) is 0.250. The number of aromatic nitrogens is 1. The Hall–Kier alpha value is -4.26. The first-order chi connectivity index (χ1) is 17.9. The zero-order valence-corrected chi connectivity index (χ0v) is 19.7. The summed E-state index contributed by atoms with van der Waals surface area (Å²) in [6.45, 7) is -0.472.